The zero-order valence-electron chi connectivity index (χ0n) is 14.2. The minimum Gasteiger partial charge on any atom is -0.478 e. The van der Waals surface area contributed by atoms with Crippen molar-refractivity contribution < 1.29 is 18.3 Å². The number of rotatable bonds is 6. The van der Waals surface area contributed by atoms with Gasteiger partial charge in [0, 0.05) is 6.54 Å². The molecule has 0 fully saturated rings. The van der Waals surface area contributed by atoms with Gasteiger partial charge in [-0.3, -0.25) is 0 Å². The van der Waals surface area contributed by atoms with E-state index < -0.39 is 16.0 Å². The first-order valence-corrected chi connectivity index (χ1v) is 9.63. The second-order valence-corrected chi connectivity index (χ2v) is 7.62. The van der Waals surface area contributed by atoms with Crippen LogP contribution >= 0.6 is 0 Å². The first kappa shape index (κ1) is 18.1. The summed E-state index contributed by atoms with van der Waals surface area (Å²) in [5, 5.41) is 14.5. The number of carboxylic acid groups (broad SMARTS) is 1. The van der Waals surface area contributed by atoms with E-state index in [1.807, 2.05) is 30.3 Å². The predicted molar refractivity (Wildman–Crippen MR) is 97.6 cm³/mol. The van der Waals surface area contributed by atoms with E-state index in [1.54, 1.807) is 11.5 Å². The van der Waals surface area contributed by atoms with Gasteiger partial charge < -0.3 is 9.67 Å². The van der Waals surface area contributed by atoms with Gasteiger partial charge in [-0.2, -0.15) is 0 Å². The molecule has 7 nitrogen and oxygen atoms in total. The molecule has 3 N–H and O–H groups in total. The van der Waals surface area contributed by atoms with E-state index >= 15 is 0 Å². The van der Waals surface area contributed by atoms with Gasteiger partial charge in [-0.15, -0.1) is 0 Å². The Morgan fingerprint density at radius 1 is 1.23 bits per heavy atom. The van der Waals surface area contributed by atoms with Gasteiger partial charge in [0.05, 0.1) is 16.6 Å². The average Bonchev–Trinajstić information content (AvgIpc) is 2.89. The van der Waals surface area contributed by atoms with Gasteiger partial charge in [-0.1, -0.05) is 30.3 Å². The number of aryl methyl sites for hydroxylation is 3. The fourth-order valence-electron chi connectivity index (χ4n) is 3.05. The highest BCUT2D eigenvalue weighted by Crippen LogP contribution is 2.26. The van der Waals surface area contributed by atoms with E-state index in [9.17, 15) is 18.3 Å². The second-order valence-electron chi connectivity index (χ2n) is 6.09. The highest BCUT2D eigenvalue weighted by atomic mass is 32.2. The molecule has 136 valence electrons. The van der Waals surface area contributed by atoms with E-state index in [-0.39, 0.29) is 10.5 Å². The molecule has 8 heteroatoms. The van der Waals surface area contributed by atoms with Gasteiger partial charge in [0.1, 0.15) is 10.7 Å². The molecule has 3 rings (SSSR count). The Labute approximate surface area is 151 Å². The van der Waals surface area contributed by atoms with Gasteiger partial charge in [0.15, 0.2) is 0 Å². The molecule has 0 aliphatic rings. The fourth-order valence-corrected chi connectivity index (χ4v) is 3.82. The maximum atomic E-state index is 12.0. The summed E-state index contributed by atoms with van der Waals surface area (Å²) in [4.78, 5) is 15.4. The molecule has 0 atom stereocenters. The number of benzene rings is 2. The maximum absolute atomic E-state index is 12.0. The smallest absolute Gasteiger partial charge is 0.335 e. The van der Waals surface area contributed by atoms with Crippen LogP contribution in [0.2, 0.25) is 0 Å². The van der Waals surface area contributed by atoms with Crippen molar-refractivity contribution in [3.63, 3.8) is 0 Å². The van der Waals surface area contributed by atoms with Crippen LogP contribution in [0.1, 0.15) is 28.2 Å². The molecule has 1 aromatic heterocycles. The largest absolute Gasteiger partial charge is 0.478 e. The molecule has 0 amide bonds. The third-order valence-corrected chi connectivity index (χ3v) is 5.17. The summed E-state index contributed by atoms with van der Waals surface area (Å²) in [7, 11) is -4.10. The summed E-state index contributed by atoms with van der Waals surface area (Å²) >= 11 is 0. The lowest BCUT2D eigenvalue weighted by atomic mass is 10.1. The van der Waals surface area contributed by atoms with Gasteiger partial charge in [0.25, 0.3) is 0 Å². The van der Waals surface area contributed by atoms with Crippen molar-refractivity contribution >= 4 is 27.0 Å². The Balaban J connectivity index is 2.02. The first-order valence-electron chi connectivity index (χ1n) is 8.08. The summed E-state index contributed by atoms with van der Waals surface area (Å²) in [5.41, 5.74) is 1.69. The van der Waals surface area contributed by atoms with E-state index in [2.05, 4.69) is 4.98 Å². The molecular formula is C18H19N3O4S. The van der Waals surface area contributed by atoms with Gasteiger partial charge in [-0.25, -0.2) is 23.3 Å². The van der Waals surface area contributed by atoms with Crippen LogP contribution in [0, 0.1) is 6.92 Å². The molecule has 0 bridgehead atoms. The van der Waals surface area contributed by atoms with Crippen molar-refractivity contribution in [2.45, 2.75) is 31.2 Å². The lowest BCUT2D eigenvalue weighted by molar-refractivity contribution is 0.0697. The van der Waals surface area contributed by atoms with Crippen LogP contribution in [-0.2, 0) is 23.0 Å². The van der Waals surface area contributed by atoms with Crippen LogP contribution in [0.15, 0.2) is 47.4 Å². The van der Waals surface area contributed by atoms with Crippen molar-refractivity contribution in [1.29, 1.82) is 0 Å². The number of fused-ring (bicyclic) bond motifs is 1. The number of nitrogens with zero attached hydrogens (tertiary/aromatic N) is 2. The van der Waals surface area contributed by atoms with E-state index in [4.69, 9.17) is 5.14 Å². The molecule has 0 radical (unpaired) electrons. The van der Waals surface area contributed by atoms with Gasteiger partial charge in [-0.05, 0) is 37.5 Å². The number of nitrogens with two attached hydrogens (primary N) is 1. The number of aromatic carboxylic acids is 1. The molecule has 0 unspecified atom stereocenters. The van der Waals surface area contributed by atoms with Crippen LogP contribution in [0.25, 0.3) is 11.0 Å². The van der Waals surface area contributed by atoms with Crippen molar-refractivity contribution in [2.24, 2.45) is 5.14 Å². The summed E-state index contributed by atoms with van der Waals surface area (Å²) in [5.74, 6) is -0.617. The number of sulfonamides is 1. The van der Waals surface area contributed by atoms with E-state index in [0.29, 0.717) is 23.4 Å². The molecule has 1 heterocycles. The average molecular weight is 373 g/mol. The summed E-state index contributed by atoms with van der Waals surface area (Å²) in [6.07, 6.45) is 1.61. The van der Waals surface area contributed by atoms with Crippen LogP contribution in [0.4, 0.5) is 0 Å². The van der Waals surface area contributed by atoms with Crippen LogP contribution in [0.3, 0.4) is 0 Å². The van der Waals surface area contributed by atoms with Crippen molar-refractivity contribution in [3.8, 4) is 0 Å². The van der Waals surface area contributed by atoms with Crippen molar-refractivity contribution in [1.82, 2.24) is 9.55 Å². The zero-order valence-corrected chi connectivity index (χ0v) is 15.0. The Hall–Kier alpha value is -2.71. The minimum atomic E-state index is -4.10. The number of hydrogen-bond donors (Lipinski definition) is 2. The van der Waals surface area contributed by atoms with Crippen molar-refractivity contribution in [2.75, 3.05) is 0 Å². The Morgan fingerprint density at radius 2 is 1.92 bits per heavy atom. The number of hydrogen-bond acceptors (Lipinski definition) is 4. The Kier molecular flexibility index (Phi) is 4.80. The normalized spacial score (nSPS) is 11.8. The molecule has 0 spiro atoms. The quantitative estimate of drug-likeness (QED) is 0.688. The molecule has 2 aromatic carbocycles. The molecule has 0 aliphatic heterocycles. The lowest BCUT2D eigenvalue weighted by Crippen LogP contribution is -2.15. The third-order valence-electron chi connectivity index (χ3n) is 4.24. The third kappa shape index (κ3) is 3.61. The maximum Gasteiger partial charge on any atom is 0.335 e. The number of carboxylic acids is 1. The van der Waals surface area contributed by atoms with Crippen LogP contribution in [-0.4, -0.2) is 29.0 Å². The molecule has 0 saturated carbocycles. The number of imidazole rings is 1. The number of aromatic nitrogens is 2. The summed E-state index contributed by atoms with van der Waals surface area (Å²) < 4.78 is 25.8. The van der Waals surface area contributed by atoms with Gasteiger partial charge in [0.2, 0.25) is 10.0 Å². The number of carbonyl (C=O) groups is 1. The standard InChI is InChI=1S/C18H19N3O4S/c1-12-20-15-10-14(18(22)23)11-16(26(19,24)25)17(15)21(12)9-5-8-13-6-3-2-4-7-13/h2-4,6-7,10-11H,5,8-9H2,1H3,(H,22,23)(H2,19,24,25). The van der Waals surface area contributed by atoms with Crippen LogP contribution in [0.5, 0.6) is 0 Å². The van der Waals surface area contributed by atoms with E-state index in [1.165, 1.54) is 11.6 Å². The molecule has 3 aromatic rings. The fraction of sp³-hybridized carbons (Fsp3) is 0.222. The number of primary sulfonamides is 1. The molecular weight excluding hydrogens is 354 g/mol. The molecule has 0 aliphatic carbocycles. The first-order chi connectivity index (χ1) is 12.3. The lowest BCUT2D eigenvalue weighted by Gasteiger charge is -2.10. The van der Waals surface area contributed by atoms with Crippen LogP contribution < -0.4 is 5.14 Å². The summed E-state index contributed by atoms with van der Waals surface area (Å²) in [6.45, 7) is 2.31. The second kappa shape index (κ2) is 6.89. The highest BCUT2D eigenvalue weighted by Gasteiger charge is 2.22. The minimum absolute atomic E-state index is 0.157. The van der Waals surface area contributed by atoms with Crippen molar-refractivity contribution in [3.05, 3.63) is 59.4 Å². The molecule has 0 saturated heterocycles. The van der Waals surface area contributed by atoms with E-state index in [0.717, 1.165) is 18.9 Å². The Morgan fingerprint density at radius 3 is 2.54 bits per heavy atom. The van der Waals surface area contributed by atoms with Gasteiger partial charge >= 0.3 is 5.97 Å². The highest BCUT2D eigenvalue weighted by molar-refractivity contribution is 7.89. The monoisotopic (exact) mass is 373 g/mol. The zero-order chi connectivity index (χ0) is 18.9. The summed E-state index contributed by atoms with van der Waals surface area (Å²) in [6, 6.07) is 12.4. The topological polar surface area (TPSA) is 115 Å². The molecule has 26 heavy (non-hydrogen) atoms. The SMILES string of the molecule is Cc1nc2cc(C(=O)O)cc(S(N)(=O)=O)c2n1CCCc1ccccc1. The Bertz CT molecular complexity index is 1070. The predicted octanol–water partition coefficient (Wildman–Crippen LogP) is 2.32.